The molecule has 0 amide bonds. The van der Waals surface area contributed by atoms with Crippen LogP contribution in [-0.4, -0.2) is 70.0 Å². The predicted octanol–water partition coefficient (Wildman–Crippen LogP) is 11.4. The SMILES string of the molecule is CCCCCCCCCCCCCCCCCCCCCCCCCC(=O)OC(COC(=O)CCCCCCC)COP(=O)([O-])OCC[N+](C)(C)C. The van der Waals surface area contributed by atoms with Crippen LogP contribution in [0.1, 0.15) is 206 Å². The number of hydrogen-bond donors (Lipinski definition) is 0. The molecule has 2 unspecified atom stereocenters. The van der Waals surface area contributed by atoms with Crippen LogP contribution in [0.5, 0.6) is 0 Å². The average Bonchev–Trinajstić information content (AvgIpc) is 3.09. The second-order valence-electron chi connectivity index (χ2n) is 16.1. The summed E-state index contributed by atoms with van der Waals surface area (Å²) in [5, 5.41) is 0. The van der Waals surface area contributed by atoms with Gasteiger partial charge in [-0.05, 0) is 12.8 Å². The molecule has 0 aromatic heterocycles. The van der Waals surface area contributed by atoms with Gasteiger partial charge in [0, 0.05) is 12.8 Å². The van der Waals surface area contributed by atoms with E-state index in [0.29, 0.717) is 17.4 Å². The number of hydrogen-bond acceptors (Lipinski definition) is 8. The van der Waals surface area contributed by atoms with Crippen LogP contribution in [0.3, 0.4) is 0 Å². The predicted molar refractivity (Wildman–Crippen MR) is 213 cm³/mol. The van der Waals surface area contributed by atoms with Gasteiger partial charge in [-0.3, -0.25) is 14.2 Å². The van der Waals surface area contributed by atoms with Crippen molar-refractivity contribution in [3.05, 3.63) is 0 Å². The molecule has 10 heteroatoms. The molecular formula is C42H84NO8P. The topological polar surface area (TPSA) is 111 Å². The third-order valence-corrected chi connectivity index (χ3v) is 10.6. The van der Waals surface area contributed by atoms with E-state index < -0.39 is 32.5 Å². The Bertz CT molecular complexity index is 865. The lowest BCUT2D eigenvalue weighted by molar-refractivity contribution is -0.870. The fourth-order valence-electron chi connectivity index (χ4n) is 6.18. The highest BCUT2D eigenvalue weighted by atomic mass is 31.2. The highest BCUT2D eigenvalue weighted by Gasteiger charge is 2.21. The smallest absolute Gasteiger partial charge is 0.306 e. The Kier molecular flexibility index (Phi) is 35.0. The number of nitrogens with zero attached hydrogens (tertiary/aromatic N) is 1. The highest BCUT2D eigenvalue weighted by molar-refractivity contribution is 7.45. The zero-order valence-corrected chi connectivity index (χ0v) is 35.7. The monoisotopic (exact) mass is 762 g/mol. The van der Waals surface area contributed by atoms with Crippen molar-refractivity contribution in [1.82, 2.24) is 0 Å². The summed E-state index contributed by atoms with van der Waals surface area (Å²) in [6.45, 7) is 4.16. The minimum atomic E-state index is -4.60. The molecule has 0 aromatic rings. The molecule has 0 saturated heterocycles. The van der Waals surface area contributed by atoms with Crippen molar-refractivity contribution in [1.29, 1.82) is 0 Å². The number of carbonyl (C=O) groups is 2. The van der Waals surface area contributed by atoms with Crippen LogP contribution in [0.4, 0.5) is 0 Å². The van der Waals surface area contributed by atoms with Gasteiger partial charge in [-0.1, -0.05) is 181 Å². The summed E-state index contributed by atoms with van der Waals surface area (Å²) in [6, 6.07) is 0. The van der Waals surface area contributed by atoms with E-state index in [4.69, 9.17) is 18.5 Å². The third kappa shape index (κ3) is 38.7. The number of carbonyl (C=O) groups excluding carboxylic acids is 2. The Balaban J connectivity index is 4.03. The van der Waals surface area contributed by atoms with Crippen molar-refractivity contribution in [2.75, 3.05) is 47.5 Å². The fourth-order valence-corrected chi connectivity index (χ4v) is 6.91. The van der Waals surface area contributed by atoms with Crippen LogP contribution in [-0.2, 0) is 32.7 Å². The molecule has 0 N–H and O–H groups in total. The van der Waals surface area contributed by atoms with Crippen molar-refractivity contribution in [2.45, 2.75) is 213 Å². The van der Waals surface area contributed by atoms with E-state index in [1.807, 2.05) is 21.1 Å². The minimum absolute atomic E-state index is 0.0265. The van der Waals surface area contributed by atoms with E-state index in [1.54, 1.807) is 0 Å². The summed E-state index contributed by atoms with van der Waals surface area (Å²) in [6.07, 6.45) is 34.7. The zero-order valence-electron chi connectivity index (χ0n) is 34.8. The Labute approximate surface area is 321 Å². The van der Waals surface area contributed by atoms with Crippen molar-refractivity contribution < 1.29 is 42.1 Å². The van der Waals surface area contributed by atoms with Gasteiger partial charge in [-0.25, -0.2) is 0 Å². The van der Waals surface area contributed by atoms with Gasteiger partial charge in [0.2, 0.25) is 0 Å². The molecular weight excluding hydrogens is 677 g/mol. The lowest BCUT2D eigenvalue weighted by Crippen LogP contribution is -2.37. The molecule has 0 rings (SSSR count). The standard InChI is InChI=1S/C42H84NO8P/c1-6-8-10-12-13-14-15-16-17-18-19-20-21-22-23-24-25-26-27-28-29-31-33-35-42(45)51-40(38-48-41(44)34-32-30-11-9-7-2)39-50-52(46,47)49-37-36-43(3,4)5/h40H,6-39H2,1-5H3. The van der Waals surface area contributed by atoms with Crippen LogP contribution in [0.15, 0.2) is 0 Å². The maximum atomic E-state index is 12.6. The van der Waals surface area contributed by atoms with Gasteiger partial charge in [-0.15, -0.1) is 0 Å². The Hall–Kier alpha value is -0.990. The summed E-state index contributed by atoms with van der Waals surface area (Å²) < 4.78 is 33.6. The van der Waals surface area contributed by atoms with E-state index in [9.17, 15) is 19.0 Å². The Morgan fingerprint density at radius 2 is 0.865 bits per heavy atom. The summed E-state index contributed by atoms with van der Waals surface area (Å²) in [4.78, 5) is 37.1. The van der Waals surface area contributed by atoms with E-state index in [-0.39, 0.29) is 26.1 Å². The number of likely N-dealkylation sites (N-methyl/N-ethyl adjacent to an activating group) is 1. The molecule has 2 atom stereocenters. The third-order valence-electron chi connectivity index (χ3n) is 9.63. The summed E-state index contributed by atoms with van der Waals surface area (Å²) in [7, 11) is 1.18. The number of esters is 2. The number of quaternary nitrogens is 1. The van der Waals surface area contributed by atoms with Crippen LogP contribution in [0, 0.1) is 0 Å². The molecule has 0 fully saturated rings. The fraction of sp³-hybridized carbons (Fsp3) is 0.952. The molecule has 0 bridgehead atoms. The molecule has 0 aliphatic heterocycles. The van der Waals surface area contributed by atoms with Gasteiger partial charge in [-0.2, -0.15) is 0 Å². The van der Waals surface area contributed by atoms with E-state index in [0.717, 1.165) is 44.9 Å². The number of phosphoric acid groups is 1. The van der Waals surface area contributed by atoms with Gasteiger partial charge in [0.25, 0.3) is 7.82 Å². The molecule has 0 heterocycles. The first-order valence-corrected chi connectivity index (χ1v) is 23.2. The highest BCUT2D eigenvalue weighted by Crippen LogP contribution is 2.38. The summed E-state index contributed by atoms with van der Waals surface area (Å²) in [5.41, 5.74) is 0. The summed E-state index contributed by atoms with van der Waals surface area (Å²) in [5.74, 6) is -0.837. The van der Waals surface area contributed by atoms with Gasteiger partial charge in [0.15, 0.2) is 6.10 Å². The van der Waals surface area contributed by atoms with Gasteiger partial charge in [0.05, 0.1) is 27.7 Å². The van der Waals surface area contributed by atoms with Gasteiger partial charge >= 0.3 is 11.9 Å². The second kappa shape index (κ2) is 35.7. The normalized spacial score (nSPS) is 13.6. The van der Waals surface area contributed by atoms with Crippen molar-refractivity contribution in [3.8, 4) is 0 Å². The Morgan fingerprint density at radius 3 is 1.23 bits per heavy atom. The van der Waals surface area contributed by atoms with Crippen molar-refractivity contribution in [2.24, 2.45) is 0 Å². The number of unbranched alkanes of at least 4 members (excludes halogenated alkanes) is 26. The molecule has 0 aliphatic carbocycles. The van der Waals surface area contributed by atoms with E-state index in [2.05, 4.69) is 13.8 Å². The Morgan fingerprint density at radius 1 is 0.519 bits per heavy atom. The molecule has 310 valence electrons. The number of ether oxygens (including phenoxy) is 2. The van der Waals surface area contributed by atoms with Crippen LogP contribution >= 0.6 is 7.82 Å². The molecule has 9 nitrogen and oxygen atoms in total. The molecule has 52 heavy (non-hydrogen) atoms. The van der Waals surface area contributed by atoms with Crippen LogP contribution in [0.25, 0.3) is 0 Å². The lowest BCUT2D eigenvalue weighted by atomic mass is 10.0. The first kappa shape index (κ1) is 51.0. The van der Waals surface area contributed by atoms with Gasteiger partial charge < -0.3 is 27.9 Å². The first-order valence-electron chi connectivity index (χ1n) is 21.7. The average molecular weight is 762 g/mol. The maximum absolute atomic E-state index is 12.6. The second-order valence-corrected chi connectivity index (χ2v) is 17.5. The molecule has 0 spiro atoms. The summed E-state index contributed by atoms with van der Waals surface area (Å²) >= 11 is 0. The maximum Gasteiger partial charge on any atom is 0.306 e. The van der Waals surface area contributed by atoms with E-state index in [1.165, 1.54) is 128 Å². The van der Waals surface area contributed by atoms with E-state index >= 15 is 0 Å². The minimum Gasteiger partial charge on any atom is -0.756 e. The zero-order chi connectivity index (χ0) is 38.6. The number of phosphoric ester groups is 1. The number of rotatable bonds is 40. The molecule has 0 aliphatic rings. The van der Waals surface area contributed by atoms with Crippen LogP contribution in [0.2, 0.25) is 0 Å². The van der Waals surface area contributed by atoms with Crippen molar-refractivity contribution in [3.63, 3.8) is 0 Å². The molecule has 0 aromatic carbocycles. The molecule has 0 saturated carbocycles. The van der Waals surface area contributed by atoms with Gasteiger partial charge in [0.1, 0.15) is 19.8 Å². The first-order chi connectivity index (χ1) is 25.0. The van der Waals surface area contributed by atoms with Crippen molar-refractivity contribution >= 4 is 19.8 Å². The lowest BCUT2D eigenvalue weighted by Gasteiger charge is -2.28. The quantitative estimate of drug-likeness (QED) is 0.0263. The molecule has 0 radical (unpaired) electrons. The van der Waals surface area contributed by atoms with Crippen LogP contribution < -0.4 is 4.89 Å². The largest absolute Gasteiger partial charge is 0.756 e.